The number of nitrogens with one attached hydrogen (secondary N) is 1. The van der Waals surface area contributed by atoms with Crippen LogP contribution in [0, 0.1) is 0 Å². The Hall–Kier alpha value is -1.33. The van der Waals surface area contributed by atoms with Gasteiger partial charge in [0.15, 0.2) is 5.17 Å². The zero-order valence-electron chi connectivity index (χ0n) is 11.3. The summed E-state index contributed by atoms with van der Waals surface area (Å²) < 4.78 is 0. The molecule has 3 nitrogen and oxygen atoms in total. The van der Waals surface area contributed by atoms with Gasteiger partial charge in [-0.05, 0) is 12.0 Å². The number of benzene rings is 1. The summed E-state index contributed by atoms with van der Waals surface area (Å²) in [5.74, 6) is 1.01. The van der Waals surface area contributed by atoms with Gasteiger partial charge in [0.2, 0.25) is 0 Å². The molecule has 0 amide bonds. The maximum atomic E-state index is 4.80. The fourth-order valence-corrected chi connectivity index (χ4v) is 3.98. The maximum absolute atomic E-state index is 4.80. The molecule has 0 bridgehead atoms. The third kappa shape index (κ3) is 3.04. The summed E-state index contributed by atoms with van der Waals surface area (Å²) in [6.07, 6.45) is 2.88. The molecule has 1 aromatic carbocycles. The summed E-state index contributed by atoms with van der Waals surface area (Å²) >= 11 is 3.50. The predicted molar refractivity (Wildman–Crippen MR) is 87.4 cm³/mol. The molecule has 0 spiro atoms. The first-order valence-electron chi connectivity index (χ1n) is 6.78. The topological polar surface area (TPSA) is 37.3 Å². The van der Waals surface area contributed by atoms with E-state index in [1.807, 2.05) is 17.6 Å². The average Bonchev–Trinajstić information content (AvgIpc) is 3.17. The van der Waals surface area contributed by atoms with Crippen LogP contribution in [0.3, 0.4) is 0 Å². The lowest BCUT2D eigenvalue weighted by Crippen LogP contribution is -2.24. The lowest BCUT2D eigenvalue weighted by atomic mass is 10.1. The molecule has 1 N–H and O–H groups in total. The number of thiazole rings is 1. The summed E-state index contributed by atoms with van der Waals surface area (Å²) in [4.78, 5) is 9.20. The fraction of sp³-hybridized carbons (Fsp3) is 0.333. The van der Waals surface area contributed by atoms with E-state index in [1.54, 1.807) is 23.1 Å². The Kier molecular flexibility index (Phi) is 4.38. The first-order valence-corrected chi connectivity index (χ1v) is 8.65. The average molecular weight is 303 g/mol. The lowest BCUT2D eigenvalue weighted by Gasteiger charge is -2.14. The quantitative estimate of drug-likeness (QED) is 0.926. The lowest BCUT2D eigenvalue weighted by molar-refractivity contribution is 0.623. The van der Waals surface area contributed by atoms with Crippen molar-refractivity contribution in [3.05, 3.63) is 52.5 Å². The van der Waals surface area contributed by atoms with E-state index in [2.05, 4.69) is 41.5 Å². The Balaban J connectivity index is 1.69. The van der Waals surface area contributed by atoms with E-state index in [-0.39, 0.29) is 12.1 Å². The SMILES string of the molecule is CCC(NC1=NC(c2ccccc2)CS1)c1nccs1. The number of nitrogens with zero attached hydrogens (tertiary/aromatic N) is 2. The van der Waals surface area contributed by atoms with Crippen LogP contribution in [-0.2, 0) is 0 Å². The van der Waals surface area contributed by atoms with Gasteiger partial charge in [0.1, 0.15) is 5.01 Å². The van der Waals surface area contributed by atoms with Gasteiger partial charge in [0, 0.05) is 17.3 Å². The summed E-state index contributed by atoms with van der Waals surface area (Å²) in [5, 5.41) is 7.73. The van der Waals surface area contributed by atoms with Crippen LogP contribution in [0.2, 0.25) is 0 Å². The second-order valence-electron chi connectivity index (χ2n) is 4.65. The number of rotatable bonds is 4. The van der Waals surface area contributed by atoms with Crippen molar-refractivity contribution in [2.75, 3.05) is 5.75 Å². The van der Waals surface area contributed by atoms with E-state index in [0.29, 0.717) is 0 Å². The third-order valence-corrected chi connectivity index (χ3v) is 5.16. The first kappa shape index (κ1) is 13.6. The third-order valence-electron chi connectivity index (χ3n) is 3.29. The van der Waals surface area contributed by atoms with Crippen molar-refractivity contribution < 1.29 is 0 Å². The number of amidine groups is 1. The van der Waals surface area contributed by atoms with Crippen molar-refractivity contribution in [3.8, 4) is 0 Å². The minimum Gasteiger partial charge on any atom is -0.356 e. The Morgan fingerprint density at radius 2 is 2.20 bits per heavy atom. The second kappa shape index (κ2) is 6.41. The summed E-state index contributed by atoms with van der Waals surface area (Å²) in [7, 11) is 0. The minimum absolute atomic E-state index is 0.274. The van der Waals surface area contributed by atoms with Crippen LogP contribution in [0.25, 0.3) is 0 Å². The predicted octanol–water partition coefficient (Wildman–Crippen LogP) is 4.03. The zero-order chi connectivity index (χ0) is 13.8. The van der Waals surface area contributed by atoms with Crippen LogP contribution in [0.15, 0.2) is 46.9 Å². The molecule has 2 heterocycles. The molecule has 1 aliphatic heterocycles. The van der Waals surface area contributed by atoms with Gasteiger partial charge >= 0.3 is 0 Å². The fourth-order valence-electron chi connectivity index (χ4n) is 2.19. The van der Waals surface area contributed by atoms with Crippen LogP contribution in [0.1, 0.15) is 36.0 Å². The summed E-state index contributed by atoms with van der Waals surface area (Å²) in [6, 6.07) is 11.0. The van der Waals surface area contributed by atoms with Crippen molar-refractivity contribution in [2.24, 2.45) is 4.99 Å². The van der Waals surface area contributed by atoms with Crippen molar-refractivity contribution in [2.45, 2.75) is 25.4 Å². The number of hydrogen-bond donors (Lipinski definition) is 1. The van der Waals surface area contributed by atoms with Gasteiger partial charge in [-0.3, -0.25) is 4.99 Å². The standard InChI is InChI=1S/C15H17N3S2/c1-2-12(14-16-8-9-19-14)17-15-18-13(10-20-15)11-6-4-3-5-7-11/h3-9,12-13H,2,10H2,1H3,(H,17,18). The zero-order valence-corrected chi connectivity index (χ0v) is 13.0. The summed E-state index contributed by atoms with van der Waals surface area (Å²) in [5.41, 5.74) is 1.29. The van der Waals surface area contributed by atoms with Gasteiger partial charge in [0.05, 0.1) is 12.1 Å². The minimum atomic E-state index is 0.274. The molecule has 5 heteroatoms. The highest BCUT2D eigenvalue weighted by molar-refractivity contribution is 8.14. The van der Waals surface area contributed by atoms with Crippen molar-refractivity contribution in [1.82, 2.24) is 10.3 Å². The normalized spacial score (nSPS) is 19.6. The number of aromatic nitrogens is 1. The van der Waals surface area contributed by atoms with Crippen LogP contribution in [0.4, 0.5) is 0 Å². The Morgan fingerprint density at radius 1 is 1.35 bits per heavy atom. The van der Waals surface area contributed by atoms with Crippen LogP contribution < -0.4 is 5.32 Å². The van der Waals surface area contributed by atoms with Gasteiger partial charge in [-0.1, -0.05) is 49.0 Å². The Bertz CT molecular complexity index is 566. The van der Waals surface area contributed by atoms with E-state index in [1.165, 1.54) is 5.56 Å². The Labute approximate surface area is 127 Å². The highest BCUT2D eigenvalue weighted by Gasteiger charge is 2.22. The van der Waals surface area contributed by atoms with E-state index in [0.717, 1.165) is 22.3 Å². The smallest absolute Gasteiger partial charge is 0.157 e. The maximum Gasteiger partial charge on any atom is 0.157 e. The van der Waals surface area contributed by atoms with Crippen molar-refractivity contribution in [3.63, 3.8) is 0 Å². The molecular weight excluding hydrogens is 286 g/mol. The number of hydrogen-bond acceptors (Lipinski definition) is 5. The van der Waals surface area contributed by atoms with Crippen molar-refractivity contribution >= 4 is 28.3 Å². The molecule has 0 fully saturated rings. The molecule has 0 radical (unpaired) electrons. The largest absolute Gasteiger partial charge is 0.356 e. The highest BCUT2D eigenvalue weighted by atomic mass is 32.2. The summed E-state index contributed by atoms with van der Waals surface area (Å²) in [6.45, 7) is 2.17. The molecule has 0 aliphatic carbocycles. The van der Waals surface area contributed by atoms with E-state index < -0.39 is 0 Å². The van der Waals surface area contributed by atoms with Crippen LogP contribution >= 0.6 is 23.1 Å². The highest BCUT2D eigenvalue weighted by Crippen LogP contribution is 2.31. The van der Waals surface area contributed by atoms with Crippen LogP contribution in [-0.4, -0.2) is 15.9 Å². The van der Waals surface area contributed by atoms with Crippen LogP contribution in [0.5, 0.6) is 0 Å². The number of thioether (sulfide) groups is 1. The van der Waals surface area contributed by atoms with E-state index in [9.17, 15) is 0 Å². The van der Waals surface area contributed by atoms with Crippen molar-refractivity contribution in [1.29, 1.82) is 0 Å². The molecule has 20 heavy (non-hydrogen) atoms. The van der Waals surface area contributed by atoms with Gasteiger partial charge in [-0.2, -0.15) is 0 Å². The second-order valence-corrected chi connectivity index (χ2v) is 6.58. The van der Waals surface area contributed by atoms with E-state index >= 15 is 0 Å². The Morgan fingerprint density at radius 3 is 2.90 bits per heavy atom. The molecule has 1 aliphatic rings. The molecule has 2 unspecified atom stereocenters. The van der Waals surface area contributed by atoms with Gasteiger partial charge in [-0.25, -0.2) is 4.98 Å². The molecule has 2 aromatic rings. The van der Waals surface area contributed by atoms with Gasteiger partial charge in [-0.15, -0.1) is 11.3 Å². The molecule has 2 atom stereocenters. The first-order chi connectivity index (χ1) is 9.86. The van der Waals surface area contributed by atoms with Gasteiger partial charge < -0.3 is 5.32 Å². The molecule has 0 saturated carbocycles. The molecule has 1 aromatic heterocycles. The molecule has 3 rings (SSSR count). The van der Waals surface area contributed by atoms with Gasteiger partial charge in [0.25, 0.3) is 0 Å². The molecule has 104 valence electrons. The molecule has 0 saturated heterocycles. The monoisotopic (exact) mass is 303 g/mol. The number of aliphatic imine (C=N–C) groups is 1. The molecular formula is C15H17N3S2. The van der Waals surface area contributed by atoms with E-state index in [4.69, 9.17) is 4.99 Å².